The van der Waals surface area contributed by atoms with E-state index in [0.29, 0.717) is 25.3 Å². The Morgan fingerprint density at radius 3 is 2.50 bits per heavy atom. The van der Waals surface area contributed by atoms with Crippen LogP contribution in [-0.2, 0) is 22.6 Å². The minimum Gasteiger partial charge on any atom is -0.306 e. The summed E-state index contributed by atoms with van der Waals surface area (Å²) in [6.07, 6.45) is 4.25. The highest BCUT2D eigenvalue weighted by atomic mass is 16.2. The Morgan fingerprint density at radius 2 is 1.77 bits per heavy atom. The van der Waals surface area contributed by atoms with E-state index in [0.717, 1.165) is 43.1 Å². The van der Waals surface area contributed by atoms with Gasteiger partial charge in [0.05, 0.1) is 5.69 Å². The van der Waals surface area contributed by atoms with Crippen molar-refractivity contribution in [1.29, 1.82) is 0 Å². The van der Waals surface area contributed by atoms with Crippen LogP contribution in [0, 0.1) is 6.92 Å². The van der Waals surface area contributed by atoms with E-state index in [2.05, 4.69) is 41.3 Å². The van der Waals surface area contributed by atoms with Crippen molar-refractivity contribution in [1.82, 2.24) is 14.7 Å². The molecule has 6 nitrogen and oxygen atoms in total. The second-order valence-electron chi connectivity index (χ2n) is 8.80. The van der Waals surface area contributed by atoms with Crippen molar-refractivity contribution in [3.63, 3.8) is 0 Å². The number of amides is 1. The van der Waals surface area contributed by atoms with Crippen molar-refractivity contribution in [3.8, 4) is 0 Å². The van der Waals surface area contributed by atoms with Crippen LogP contribution in [-0.4, -0.2) is 53.1 Å². The van der Waals surface area contributed by atoms with Crippen LogP contribution in [0.15, 0.2) is 30.3 Å². The molecule has 0 radical (unpaired) electrons. The molecule has 1 aromatic heterocycles. The minimum atomic E-state index is 0.0156. The highest BCUT2D eigenvalue weighted by Crippen LogP contribution is 2.28. The molecule has 0 atom stereocenters. The number of aromatic nitrogens is 2. The number of aryl methyl sites for hydroxylation is 2. The highest BCUT2D eigenvalue weighted by molar-refractivity contribution is 5.95. The summed E-state index contributed by atoms with van der Waals surface area (Å²) < 4.78 is 1.89. The topological polar surface area (TPSA) is 58.4 Å². The number of hydrogen-bond acceptors (Lipinski definition) is 4. The van der Waals surface area contributed by atoms with Crippen LogP contribution in [0.1, 0.15) is 54.8 Å². The van der Waals surface area contributed by atoms with Crippen LogP contribution in [0.4, 0.5) is 5.82 Å². The van der Waals surface area contributed by atoms with Gasteiger partial charge in [0.15, 0.2) is 0 Å². The molecule has 6 heteroatoms. The molecule has 1 saturated heterocycles. The number of piperidine rings is 1. The molecule has 2 aromatic rings. The van der Waals surface area contributed by atoms with E-state index < -0.39 is 0 Å². The molecule has 0 aliphatic carbocycles. The molecular formula is C24H32N4O2. The van der Waals surface area contributed by atoms with Crippen LogP contribution in [0.5, 0.6) is 0 Å². The molecule has 0 unspecified atom stereocenters. The molecule has 0 N–H and O–H groups in total. The molecule has 1 fully saturated rings. The predicted octanol–water partition coefficient (Wildman–Crippen LogP) is 3.33. The number of ketones is 1. The number of nitrogens with zero attached hydrogens (tertiary/aromatic N) is 4. The van der Waals surface area contributed by atoms with Gasteiger partial charge in [0.25, 0.3) is 0 Å². The summed E-state index contributed by atoms with van der Waals surface area (Å²) >= 11 is 0. The fourth-order valence-corrected chi connectivity index (χ4v) is 4.61. The maximum absolute atomic E-state index is 12.7. The van der Waals surface area contributed by atoms with Gasteiger partial charge in [0.2, 0.25) is 5.91 Å². The first-order chi connectivity index (χ1) is 14.5. The Balaban J connectivity index is 1.27. The Kier molecular flexibility index (Phi) is 6.32. The Hall–Kier alpha value is -2.47. The number of Topliss-reactive ketones (excluding diaryl/α,β-unsaturated/α-hetero) is 1. The van der Waals surface area contributed by atoms with Crippen molar-refractivity contribution in [2.45, 2.75) is 57.9 Å². The second kappa shape index (κ2) is 9.13. The smallest absolute Gasteiger partial charge is 0.228 e. The highest BCUT2D eigenvalue weighted by Gasteiger charge is 2.24. The zero-order valence-corrected chi connectivity index (χ0v) is 18.1. The number of fused-ring (bicyclic) bond motifs is 1. The van der Waals surface area contributed by atoms with Gasteiger partial charge < -0.3 is 4.90 Å². The van der Waals surface area contributed by atoms with Gasteiger partial charge in [-0.3, -0.25) is 14.5 Å². The van der Waals surface area contributed by atoms with Crippen molar-refractivity contribution in [2.75, 3.05) is 31.6 Å². The van der Waals surface area contributed by atoms with Gasteiger partial charge in [-0.15, -0.1) is 0 Å². The van der Waals surface area contributed by atoms with E-state index >= 15 is 0 Å². The van der Waals surface area contributed by atoms with Gasteiger partial charge in [-0.2, -0.15) is 5.10 Å². The fraction of sp³-hybridized carbons (Fsp3) is 0.542. The average molecular weight is 409 g/mol. The number of rotatable bonds is 6. The second-order valence-corrected chi connectivity index (χ2v) is 8.80. The molecule has 1 amide bonds. The van der Waals surface area contributed by atoms with Gasteiger partial charge >= 0.3 is 0 Å². The standard InChI is InChI=1S/C24H32N4O2/c1-18-16-23-27(12-3-13-28(23)25-18)24(30)9-8-22(29)17-19-4-6-20(7-5-19)21-10-14-26(2)15-11-21/h4-7,16,21H,3,8-15,17H2,1-2H3. The normalized spacial score (nSPS) is 17.7. The summed E-state index contributed by atoms with van der Waals surface area (Å²) in [5.74, 6) is 1.63. The molecule has 2 aliphatic rings. The summed E-state index contributed by atoms with van der Waals surface area (Å²) in [5, 5.41) is 4.43. The Bertz CT molecular complexity index is 894. The quantitative estimate of drug-likeness (QED) is 0.736. The number of carbonyl (C=O) groups is 2. The van der Waals surface area contributed by atoms with Crippen LogP contribution < -0.4 is 4.90 Å². The van der Waals surface area contributed by atoms with Crippen molar-refractivity contribution in [3.05, 3.63) is 47.2 Å². The van der Waals surface area contributed by atoms with Gasteiger partial charge in [-0.25, -0.2) is 4.68 Å². The molecule has 30 heavy (non-hydrogen) atoms. The first-order valence-electron chi connectivity index (χ1n) is 11.1. The first kappa shape index (κ1) is 20.8. The lowest BCUT2D eigenvalue weighted by Crippen LogP contribution is -2.37. The molecule has 160 valence electrons. The van der Waals surface area contributed by atoms with Gasteiger partial charge in [0.1, 0.15) is 11.6 Å². The minimum absolute atomic E-state index is 0.0156. The molecule has 2 aliphatic heterocycles. The molecule has 1 aromatic carbocycles. The van der Waals surface area contributed by atoms with E-state index in [1.165, 1.54) is 18.4 Å². The summed E-state index contributed by atoms with van der Waals surface area (Å²) in [5.41, 5.74) is 3.34. The molecule has 3 heterocycles. The van der Waals surface area contributed by atoms with Gasteiger partial charge in [-0.05, 0) is 63.4 Å². The zero-order chi connectivity index (χ0) is 21.1. The lowest BCUT2D eigenvalue weighted by Gasteiger charge is -2.29. The number of likely N-dealkylation sites (tertiary alicyclic amines) is 1. The first-order valence-corrected chi connectivity index (χ1v) is 11.1. The monoisotopic (exact) mass is 408 g/mol. The third kappa shape index (κ3) is 4.81. The molecular weight excluding hydrogens is 376 g/mol. The SMILES string of the molecule is Cc1cc2n(n1)CCCN2C(=O)CCC(=O)Cc1ccc(C2CCN(C)CC2)cc1. The van der Waals surface area contributed by atoms with E-state index in [4.69, 9.17) is 0 Å². The summed E-state index contributed by atoms with van der Waals surface area (Å²) in [4.78, 5) is 29.3. The van der Waals surface area contributed by atoms with Crippen LogP contribution >= 0.6 is 0 Å². The summed E-state index contributed by atoms with van der Waals surface area (Å²) in [6, 6.07) is 10.5. The van der Waals surface area contributed by atoms with E-state index in [-0.39, 0.29) is 18.1 Å². The summed E-state index contributed by atoms with van der Waals surface area (Å²) in [6.45, 7) is 5.79. The summed E-state index contributed by atoms with van der Waals surface area (Å²) in [7, 11) is 2.18. The largest absolute Gasteiger partial charge is 0.306 e. The van der Waals surface area contributed by atoms with Crippen molar-refractivity contribution in [2.24, 2.45) is 0 Å². The van der Waals surface area contributed by atoms with E-state index in [1.54, 1.807) is 4.90 Å². The lowest BCUT2D eigenvalue weighted by molar-refractivity contribution is -0.123. The van der Waals surface area contributed by atoms with Crippen LogP contribution in [0.25, 0.3) is 0 Å². The Labute approximate surface area is 178 Å². The maximum atomic E-state index is 12.7. The average Bonchev–Trinajstić information content (AvgIpc) is 3.13. The van der Waals surface area contributed by atoms with Crippen molar-refractivity contribution >= 4 is 17.5 Å². The predicted molar refractivity (Wildman–Crippen MR) is 118 cm³/mol. The van der Waals surface area contributed by atoms with E-state index in [9.17, 15) is 9.59 Å². The third-order valence-electron chi connectivity index (χ3n) is 6.40. The van der Waals surface area contributed by atoms with Gasteiger partial charge in [-0.1, -0.05) is 24.3 Å². The Morgan fingerprint density at radius 1 is 1.03 bits per heavy atom. The number of benzene rings is 1. The van der Waals surface area contributed by atoms with E-state index in [1.807, 2.05) is 17.7 Å². The molecule has 0 saturated carbocycles. The third-order valence-corrected chi connectivity index (χ3v) is 6.40. The fourth-order valence-electron chi connectivity index (χ4n) is 4.61. The zero-order valence-electron chi connectivity index (χ0n) is 18.1. The van der Waals surface area contributed by atoms with Gasteiger partial charge in [0, 0.05) is 38.4 Å². The van der Waals surface area contributed by atoms with Crippen LogP contribution in [0.2, 0.25) is 0 Å². The number of carbonyl (C=O) groups excluding carboxylic acids is 2. The van der Waals surface area contributed by atoms with Crippen LogP contribution in [0.3, 0.4) is 0 Å². The molecule has 0 bridgehead atoms. The number of hydrogen-bond donors (Lipinski definition) is 0. The molecule has 4 rings (SSSR count). The van der Waals surface area contributed by atoms with Crippen molar-refractivity contribution < 1.29 is 9.59 Å². The lowest BCUT2D eigenvalue weighted by atomic mass is 9.89. The maximum Gasteiger partial charge on any atom is 0.228 e. The molecule has 0 spiro atoms. The number of anilines is 1.